The SMILES string of the molecule is O=C(Nc1cccc(S(=O)(=O)N2CCOCC2)c1)c1ccccc1Br. The van der Waals surface area contributed by atoms with Crippen molar-refractivity contribution >= 4 is 37.5 Å². The summed E-state index contributed by atoms with van der Waals surface area (Å²) in [7, 11) is -3.60. The first-order valence-electron chi connectivity index (χ1n) is 7.72. The Morgan fingerprint density at radius 3 is 2.52 bits per heavy atom. The Labute approximate surface area is 155 Å². The van der Waals surface area contributed by atoms with Crippen LogP contribution in [0.25, 0.3) is 0 Å². The third-order valence-corrected chi connectivity index (χ3v) is 6.40. The van der Waals surface area contributed by atoms with Crippen LogP contribution in [0.5, 0.6) is 0 Å². The molecule has 0 atom stereocenters. The van der Waals surface area contributed by atoms with Crippen LogP contribution in [0.2, 0.25) is 0 Å². The third kappa shape index (κ3) is 4.09. The molecule has 0 aromatic heterocycles. The van der Waals surface area contributed by atoms with Crippen molar-refractivity contribution in [2.75, 3.05) is 31.6 Å². The molecule has 25 heavy (non-hydrogen) atoms. The van der Waals surface area contributed by atoms with Crippen LogP contribution in [0.15, 0.2) is 57.9 Å². The fraction of sp³-hybridized carbons (Fsp3) is 0.235. The van der Waals surface area contributed by atoms with Crippen LogP contribution in [0.4, 0.5) is 5.69 Å². The van der Waals surface area contributed by atoms with Crippen molar-refractivity contribution in [1.29, 1.82) is 0 Å². The second kappa shape index (κ2) is 7.65. The van der Waals surface area contributed by atoms with Crippen LogP contribution in [-0.4, -0.2) is 44.9 Å². The summed E-state index contributed by atoms with van der Waals surface area (Å²) in [6.07, 6.45) is 0. The standard InChI is InChI=1S/C17H17BrN2O4S/c18-16-7-2-1-6-15(16)17(21)19-13-4-3-5-14(12-13)25(22,23)20-8-10-24-11-9-20/h1-7,12H,8-11H2,(H,19,21). The lowest BCUT2D eigenvalue weighted by Gasteiger charge is -2.26. The molecular weight excluding hydrogens is 408 g/mol. The average Bonchev–Trinajstić information content (AvgIpc) is 2.63. The smallest absolute Gasteiger partial charge is 0.256 e. The quantitative estimate of drug-likeness (QED) is 0.818. The second-order valence-corrected chi connectivity index (χ2v) is 8.27. The number of nitrogens with one attached hydrogen (secondary N) is 1. The fourth-order valence-corrected chi connectivity index (χ4v) is 4.43. The van der Waals surface area contributed by atoms with E-state index in [1.165, 1.54) is 16.4 Å². The Kier molecular flexibility index (Phi) is 5.53. The lowest BCUT2D eigenvalue weighted by atomic mass is 10.2. The molecule has 0 radical (unpaired) electrons. The van der Waals surface area contributed by atoms with Gasteiger partial charge in [-0.15, -0.1) is 0 Å². The predicted molar refractivity (Wildman–Crippen MR) is 98.1 cm³/mol. The molecule has 2 aromatic carbocycles. The molecule has 2 aromatic rings. The molecule has 8 heteroatoms. The first-order chi connectivity index (χ1) is 12.0. The molecule has 1 fully saturated rings. The fourth-order valence-electron chi connectivity index (χ4n) is 2.51. The van der Waals surface area contributed by atoms with Crippen molar-refractivity contribution in [3.8, 4) is 0 Å². The summed E-state index contributed by atoms with van der Waals surface area (Å²) in [6, 6.07) is 13.3. The minimum Gasteiger partial charge on any atom is -0.379 e. The highest BCUT2D eigenvalue weighted by Gasteiger charge is 2.26. The van der Waals surface area contributed by atoms with E-state index in [9.17, 15) is 13.2 Å². The lowest BCUT2D eigenvalue weighted by Crippen LogP contribution is -2.40. The van der Waals surface area contributed by atoms with E-state index in [1.54, 1.807) is 30.3 Å². The highest BCUT2D eigenvalue weighted by molar-refractivity contribution is 9.10. The van der Waals surface area contributed by atoms with Gasteiger partial charge < -0.3 is 10.1 Å². The van der Waals surface area contributed by atoms with E-state index in [0.717, 1.165) is 0 Å². The number of morpholine rings is 1. The molecule has 132 valence electrons. The molecule has 1 amide bonds. The van der Waals surface area contributed by atoms with Crippen LogP contribution in [0.3, 0.4) is 0 Å². The average molecular weight is 425 g/mol. The summed E-state index contributed by atoms with van der Waals surface area (Å²) in [6.45, 7) is 1.43. The summed E-state index contributed by atoms with van der Waals surface area (Å²) in [4.78, 5) is 12.5. The van der Waals surface area contributed by atoms with Gasteiger partial charge in [-0.1, -0.05) is 18.2 Å². The summed E-state index contributed by atoms with van der Waals surface area (Å²) in [5.41, 5.74) is 0.902. The van der Waals surface area contributed by atoms with Crippen molar-refractivity contribution in [3.63, 3.8) is 0 Å². The molecule has 1 aliphatic heterocycles. The maximum absolute atomic E-state index is 12.7. The minimum absolute atomic E-state index is 0.152. The van der Waals surface area contributed by atoms with Gasteiger partial charge in [-0.25, -0.2) is 8.42 Å². The molecule has 0 aliphatic carbocycles. The van der Waals surface area contributed by atoms with Gasteiger partial charge in [0, 0.05) is 23.2 Å². The van der Waals surface area contributed by atoms with Crippen molar-refractivity contribution < 1.29 is 17.9 Å². The van der Waals surface area contributed by atoms with E-state index in [4.69, 9.17) is 4.74 Å². The zero-order valence-corrected chi connectivity index (χ0v) is 15.7. The van der Waals surface area contributed by atoms with Gasteiger partial charge in [0.25, 0.3) is 5.91 Å². The molecule has 1 N–H and O–H groups in total. The van der Waals surface area contributed by atoms with E-state index >= 15 is 0 Å². The van der Waals surface area contributed by atoms with E-state index in [2.05, 4.69) is 21.2 Å². The van der Waals surface area contributed by atoms with Crippen molar-refractivity contribution in [2.45, 2.75) is 4.90 Å². The van der Waals surface area contributed by atoms with Crippen molar-refractivity contribution in [1.82, 2.24) is 4.31 Å². The first-order valence-corrected chi connectivity index (χ1v) is 9.95. The summed E-state index contributed by atoms with van der Waals surface area (Å²) >= 11 is 3.33. The molecule has 0 bridgehead atoms. The Morgan fingerprint density at radius 2 is 1.80 bits per heavy atom. The topological polar surface area (TPSA) is 75.7 Å². The maximum atomic E-state index is 12.7. The van der Waals surface area contributed by atoms with Gasteiger partial charge in [0.15, 0.2) is 0 Å². The van der Waals surface area contributed by atoms with E-state index < -0.39 is 10.0 Å². The normalized spacial score (nSPS) is 15.7. The number of benzene rings is 2. The first kappa shape index (κ1) is 18.1. The van der Waals surface area contributed by atoms with Crippen molar-refractivity contribution in [3.05, 3.63) is 58.6 Å². The van der Waals surface area contributed by atoms with E-state index in [0.29, 0.717) is 42.0 Å². The highest BCUT2D eigenvalue weighted by atomic mass is 79.9. The summed E-state index contributed by atoms with van der Waals surface area (Å²) in [5, 5.41) is 2.74. The van der Waals surface area contributed by atoms with Crippen LogP contribution in [-0.2, 0) is 14.8 Å². The minimum atomic E-state index is -3.60. The number of halogens is 1. The number of hydrogen-bond acceptors (Lipinski definition) is 4. The largest absolute Gasteiger partial charge is 0.379 e. The molecule has 0 unspecified atom stereocenters. The number of nitrogens with zero attached hydrogens (tertiary/aromatic N) is 1. The van der Waals surface area contributed by atoms with Gasteiger partial charge in [0.1, 0.15) is 0 Å². The van der Waals surface area contributed by atoms with Crippen LogP contribution >= 0.6 is 15.9 Å². The number of carbonyl (C=O) groups excluding carboxylic acids is 1. The second-order valence-electron chi connectivity index (χ2n) is 5.48. The number of ether oxygens (including phenoxy) is 1. The molecule has 3 rings (SSSR count). The highest BCUT2D eigenvalue weighted by Crippen LogP contribution is 2.22. The van der Waals surface area contributed by atoms with E-state index in [1.807, 2.05) is 6.07 Å². The Morgan fingerprint density at radius 1 is 1.08 bits per heavy atom. The van der Waals surface area contributed by atoms with Gasteiger partial charge in [-0.05, 0) is 46.3 Å². The van der Waals surface area contributed by atoms with Crippen molar-refractivity contribution in [2.24, 2.45) is 0 Å². The predicted octanol–water partition coefficient (Wildman–Crippen LogP) is 2.72. The molecule has 0 saturated carbocycles. The maximum Gasteiger partial charge on any atom is 0.256 e. The number of sulfonamides is 1. The van der Waals surface area contributed by atoms with Gasteiger partial charge in [0.2, 0.25) is 10.0 Å². The Hall–Kier alpha value is -1.74. The summed E-state index contributed by atoms with van der Waals surface area (Å²) < 4.78 is 32.7. The van der Waals surface area contributed by atoms with Crippen LogP contribution in [0.1, 0.15) is 10.4 Å². The molecular formula is C17H17BrN2O4S. The lowest BCUT2D eigenvalue weighted by molar-refractivity contribution is 0.0730. The number of carbonyl (C=O) groups is 1. The van der Waals surface area contributed by atoms with Crippen LogP contribution < -0.4 is 5.32 Å². The zero-order valence-electron chi connectivity index (χ0n) is 13.3. The van der Waals surface area contributed by atoms with Gasteiger partial charge in [-0.2, -0.15) is 4.31 Å². The number of amides is 1. The molecule has 0 spiro atoms. The zero-order chi connectivity index (χ0) is 17.9. The number of rotatable bonds is 4. The molecule has 1 aliphatic rings. The number of hydrogen-bond donors (Lipinski definition) is 1. The van der Waals surface area contributed by atoms with Crippen LogP contribution in [0, 0.1) is 0 Å². The van der Waals surface area contributed by atoms with Gasteiger partial charge >= 0.3 is 0 Å². The Bertz CT molecular complexity index is 880. The molecule has 1 heterocycles. The van der Waals surface area contributed by atoms with E-state index in [-0.39, 0.29) is 10.8 Å². The molecule has 6 nitrogen and oxygen atoms in total. The van der Waals surface area contributed by atoms with Gasteiger partial charge in [0.05, 0.1) is 23.7 Å². The Balaban J connectivity index is 1.82. The monoisotopic (exact) mass is 424 g/mol. The third-order valence-electron chi connectivity index (χ3n) is 3.82. The van der Waals surface area contributed by atoms with Gasteiger partial charge in [-0.3, -0.25) is 4.79 Å². The molecule has 1 saturated heterocycles. The number of anilines is 1. The summed E-state index contributed by atoms with van der Waals surface area (Å²) in [5.74, 6) is -0.312.